The SMILES string of the molecule is CCNC1CCC(C)(C)CC1CN1CCSC(C)(C)C1. The first-order chi connectivity index (χ1) is 9.31. The third-order valence-corrected chi connectivity index (χ3v) is 6.28. The van der Waals surface area contributed by atoms with Crippen molar-refractivity contribution in [2.75, 3.05) is 31.9 Å². The van der Waals surface area contributed by atoms with Gasteiger partial charge in [-0.05, 0) is 51.0 Å². The highest BCUT2D eigenvalue weighted by Gasteiger charge is 2.36. The summed E-state index contributed by atoms with van der Waals surface area (Å²) in [7, 11) is 0. The number of nitrogens with zero attached hydrogens (tertiary/aromatic N) is 1. The normalized spacial score (nSPS) is 34.0. The van der Waals surface area contributed by atoms with Gasteiger partial charge in [-0.25, -0.2) is 0 Å². The van der Waals surface area contributed by atoms with Gasteiger partial charge in [0.1, 0.15) is 0 Å². The first-order valence-corrected chi connectivity index (χ1v) is 9.40. The minimum atomic E-state index is 0.441. The van der Waals surface area contributed by atoms with Crippen LogP contribution in [-0.2, 0) is 0 Å². The zero-order chi connectivity index (χ0) is 14.8. The molecule has 2 atom stereocenters. The molecule has 1 saturated heterocycles. The average molecular weight is 299 g/mol. The molecule has 0 radical (unpaired) electrons. The van der Waals surface area contributed by atoms with Crippen molar-refractivity contribution in [3.63, 3.8) is 0 Å². The molecule has 2 aliphatic rings. The van der Waals surface area contributed by atoms with Crippen LogP contribution in [0, 0.1) is 11.3 Å². The van der Waals surface area contributed by atoms with Gasteiger partial charge in [0.2, 0.25) is 0 Å². The molecule has 1 aliphatic carbocycles. The predicted molar refractivity (Wildman–Crippen MR) is 91.6 cm³/mol. The van der Waals surface area contributed by atoms with E-state index in [1.54, 1.807) is 0 Å². The lowest BCUT2D eigenvalue weighted by molar-refractivity contribution is 0.0985. The van der Waals surface area contributed by atoms with E-state index in [0.717, 1.165) is 18.5 Å². The van der Waals surface area contributed by atoms with Crippen molar-refractivity contribution in [1.29, 1.82) is 0 Å². The number of nitrogens with one attached hydrogen (secondary N) is 1. The maximum Gasteiger partial charge on any atom is 0.0231 e. The molecule has 0 aromatic carbocycles. The summed E-state index contributed by atoms with van der Waals surface area (Å²) in [4.78, 5) is 2.73. The lowest BCUT2D eigenvalue weighted by Crippen LogP contribution is -2.51. The van der Waals surface area contributed by atoms with Crippen molar-refractivity contribution in [2.24, 2.45) is 11.3 Å². The number of hydrogen-bond acceptors (Lipinski definition) is 3. The van der Waals surface area contributed by atoms with Crippen LogP contribution in [0.15, 0.2) is 0 Å². The molecule has 0 aromatic rings. The topological polar surface area (TPSA) is 15.3 Å². The van der Waals surface area contributed by atoms with Crippen LogP contribution in [0.25, 0.3) is 0 Å². The Bertz CT molecular complexity index is 314. The molecule has 1 saturated carbocycles. The minimum absolute atomic E-state index is 0.441. The van der Waals surface area contributed by atoms with Gasteiger partial charge >= 0.3 is 0 Å². The first kappa shape index (κ1) is 16.6. The molecule has 0 bridgehead atoms. The van der Waals surface area contributed by atoms with Gasteiger partial charge in [-0.15, -0.1) is 0 Å². The molecule has 118 valence electrons. The van der Waals surface area contributed by atoms with E-state index in [-0.39, 0.29) is 0 Å². The van der Waals surface area contributed by atoms with E-state index < -0.39 is 0 Å². The Morgan fingerprint density at radius 3 is 2.65 bits per heavy atom. The molecule has 2 rings (SSSR count). The summed E-state index contributed by atoms with van der Waals surface area (Å²) in [5, 5.41) is 3.75. The lowest BCUT2D eigenvalue weighted by atomic mass is 9.69. The maximum absolute atomic E-state index is 3.75. The van der Waals surface area contributed by atoms with E-state index in [1.807, 2.05) is 0 Å². The molecular weight excluding hydrogens is 264 g/mol. The summed E-state index contributed by atoms with van der Waals surface area (Å²) in [5.74, 6) is 2.13. The fourth-order valence-electron chi connectivity index (χ4n) is 4.06. The van der Waals surface area contributed by atoms with E-state index >= 15 is 0 Å². The standard InChI is InChI=1S/C17H34N2S/c1-6-18-15-7-8-16(2,3)11-14(15)12-19-9-10-20-17(4,5)13-19/h14-15,18H,6-13H2,1-5H3. The molecule has 0 aromatic heterocycles. The summed E-state index contributed by atoms with van der Waals surface area (Å²) in [5.41, 5.74) is 0.538. The van der Waals surface area contributed by atoms with Gasteiger partial charge in [0.05, 0.1) is 0 Å². The smallest absolute Gasteiger partial charge is 0.0231 e. The largest absolute Gasteiger partial charge is 0.314 e. The second-order valence-corrected chi connectivity index (χ2v) is 9.98. The summed E-state index contributed by atoms with van der Waals surface area (Å²) in [6, 6.07) is 0.741. The Balaban J connectivity index is 1.96. The van der Waals surface area contributed by atoms with Crippen LogP contribution >= 0.6 is 11.8 Å². The van der Waals surface area contributed by atoms with Gasteiger partial charge in [-0.2, -0.15) is 11.8 Å². The van der Waals surface area contributed by atoms with Gasteiger partial charge in [0, 0.05) is 36.2 Å². The highest BCUT2D eigenvalue weighted by Crippen LogP contribution is 2.40. The Kier molecular flexibility index (Phi) is 5.47. The van der Waals surface area contributed by atoms with Crippen LogP contribution in [0.2, 0.25) is 0 Å². The second kappa shape index (κ2) is 6.58. The molecule has 0 amide bonds. The average Bonchev–Trinajstić information content (AvgIpc) is 2.31. The Morgan fingerprint density at radius 1 is 1.25 bits per heavy atom. The van der Waals surface area contributed by atoms with Gasteiger partial charge in [-0.3, -0.25) is 0 Å². The van der Waals surface area contributed by atoms with E-state index in [2.05, 4.69) is 56.6 Å². The van der Waals surface area contributed by atoms with Gasteiger partial charge in [0.25, 0.3) is 0 Å². The molecule has 2 nitrogen and oxygen atoms in total. The van der Waals surface area contributed by atoms with Crippen LogP contribution in [0.1, 0.15) is 53.9 Å². The third-order valence-electron chi connectivity index (χ3n) is 4.98. The quantitative estimate of drug-likeness (QED) is 0.853. The zero-order valence-corrected chi connectivity index (χ0v) is 15.0. The van der Waals surface area contributed by atoms with E-state index in [1.165, 1.54) is 44.6 Å². The van der Waals surface area contributed by atoms with Crippen LogP contribution in [0.5, 0.6) is 0 Å². The molecule has 2 fully saturated rings. The molecule has 20 heavy (non-hydrogen) atoms. The fraction of sp³-hybridized carbons (Fsp3) is 1.00. The van der Waals surface area contributed by atoms with Gasteiger partial charge in [-0.1, -0.05) is 20.8 Å². The maximum atomic E-state index is 3.75. The fourth-order valence-corrected chi connectivity index (χ4v) is 5.24. The number of thioether (sulfide) groups is 1. The molecule has 3 heteroatoms. The summed E-state index contributed by atoms with van der Waals surface area (Å²) in [6.07, 6.45) is 4.12. The van der Waals surface area contributed by atoms with E-state index in [9.17, 15) is 0 Å². The predicted octanol–water partition coefficient (Wildman–Crippen LogP) is 3.62. The van der Waals surface area contributed by atoms with Crippen molar-refractivity contribution in [3.8, 4) is 0 Å². The second-order valence-electron chi connectivity index (χ2n) is 8.17. The van der Waals surface area contributed by atoms with Crippen molar-refractivity contribution in [3.05, 3.63) is 0 Å². The highest BCUT2D eigenvalue weighted by molar-refractivity contribution is 8.00. The van der Waals surface area contributed by atoms with Crippen LogP contribution in [0.3, 0.4) is 0 Å². The van der Waals surface area contributed by atoms with Crippen molar-refractivity contribution < 1.29 is 0 Å². The minimum Gasteiger partial charge on any atom is -0.314 e. The van der Waals surface area contributed by atoms with E-state index in [4.69, 9.17) is 0 Å². The number of hydrogen-bond donors (Lipinski definition) is 1. The number of rotatable bonds is 4. The van der Waals surface area contributed by atoms with Crippen LogP contribution in [-0.4, -0.2) is 47.6 Å². The van der Waals surface area contributed by atoms with E-state index in [0.29, 0.717) is 10.2 Å². The summed E-state index contributed by atoms with van der Waals surface area (Å²) >= 11 is 2.14. The first-order valence-electron chi connectivity index (χ1n) is 8.41. The van der Waals surface area contributed by atoms with Crippen LogP contribution in [0.4, 0.5) is 0 Å². The Labute approximate surface area is 130 Å². The molecule has 2 unspecified atom stereocenters. The van der Waals surface area contributed by atoms with Gasteiger partial charge in [0.15, 0.2) is 0 Å². The van der Waals surface area contributed by atoms with Gasteiger partial charge < -0.3 is 10.2 Å². The molecule has 1 N–H and O–H groups in total. The third kappa shape index (κ3) is 4.64. The molecule has 1 aliphatic heterocycles. The Hall–Kier alpha value is 0.270. The van der Waals surface area contributed by atoms with Crippen molar-refractivity contribution in [2.45, 2.75) is 64.7 Å². The lowest BCUT2D eigenvalue weighted by Gasteiger charge is -2.45. The highest BCUT2D eigenvalue weighted by atomic mass is 32.2. The summed E-state index contributed by atoms with van der Waals surface area (Å²) < 4.78 is 0.441. The van der Waals surface area contributed by atoms with Crippen LogP contribution < -0.4 is 5.32 Å². The summed E-state index contributed by atoms with van der Waals surface area (Å²) in [6.45, 7) is 16.9. The molecular formula is C17H34N2S. The molecule has 1 heterocycles. The Morgan fingerprint density at radius 2 is 2.00 bits per heavy atom. The van der Waals surface area contributed by atoms with Crippen molar-refractivity contribution in [1.82, 2.24) is 10.2 Å². The van der Waals surface area contributed by atoms with Crippen molar-refractivity contribution >= 4 is 11.8 Å². The zero-order valence-electron chi connectivity index (χ0n) is 14.2. The monoisotopic (exact) mass is 298 g/mol. The molecule has 0 spiro atoms.